The molecule has 2 bridgehead atoms. The number of carbonyl (C=O) groups excluding carboxylic acids is 1. The summed E-state index contributed by atoms with van der Waals surface area (Å²) in [5, 5.41) is 12.7. The van der Waals surface area contributed by atoms with Gasteiger partial charge >= 0.3 is 6.09 Å². The zero-order valence-electron chi connectivity index (χ0n) is 16.9. The molecule has 2 unspecified atom stereocenters. The van der Waals surface area contributed by atoms with Crippen molar-refractivity contribution in [2.75, 3.05) is 0 Å². The second kappa shape index (κ2) is 7.73. The molecule has 5 nitrogen and oxygen atoms in total. The molecule has 2 saturated heterocycles. The molecule has 2 atom stereocenters. The number of benzene rings is 2. The third-order valence-corrected chi connectivity index (χ3v) is 6.57. The van der Waals surface area contributed by atoms with Gasteiger partial charge in [0.15, 0.2) is 0 Å². The lowest BCUT2D eigenvalue weighted by molar-refractivity contribution is -0.0888. The van der Waals surface area contributed by atoms with Crippen LogP contribution < -0.4 is 0 Å². The van der Waals surface area contributed by atoms with E-state index in [-0.39, 0.29) is 24.8 Å². The van der Waals surface area contributed by atoms with E-state index in [9.17, 15) is 9.90 Å². The van der Waals surface area contributed by atoms with Gasteiger partial charge in [-0.1, -0.05) is 48.5 Å². The first kappa shape index (κ1) is 19.1. The molecule has 1 amide bonds. The average Bonchev–Trinajstić information content (AvgIpc) is 2.77. The minimum absolute atomic E-state index is 0.0160. The fourth-order valence-corrected chi connectivity index (χ4v) is 5.25. The van der Waals surface area contributed by atoms with Crippen LogP contribution in [-0.4, -0.2) is 33.2 Å². The van der Waals surface area contributed by atoms with Crippen LogP contribution in [0.25, 0.3) is 10.9 Å². The molecule has 1 aromatic heterocycles. The molecule has 5 heteroatoms. The van der Waals surface area contributed by atoms with E-state index in [0.717, 1.165) is 41.3 Å². The van der Waals surface area contributed by atoms with Crippen molar-refractivity contribution in [3.05, 3.63) is 78.0 Å². The standard InChI is InChI=1S/C25H26N2O3/c28-24(30-17-18-7-2-1-3-8-18)27-19-9-4-10-20(27)16-25(29,15-19)22-12-5-13-23-21(22)11-6-14-26-23/h1-3,5-8,11-14,19-20,29H,4,9-10,15-17H2. The number of ether oxygens (including phenoxy) is 1. The van der Waals surface area contributed by atoms with Crippen LogP contribution in [0.3, 0.4) is 0 Å². The molecule has 0 radical (unpaired) electrons. The average molecular weight is 402 g/mol. The number of hydrogen-bond acceptors (Lipinski definition) is 4. The van der Waals surface area contributed by atoms with Crippen molar-refractivity contribution in [1.29, 1.82) is 0 Å². The Bertz CT molecular complexity index is 1030. The molecule has 30 heavy (non-hydrogen) atoms. The number of pyridine rings is 1. The lowest BCUT2D eigenvalue weighted by Crippen LogP contribution is -2.58. The highest BCUT2D eigenvalue weighted by Crippen LogP contribution is 2.46. The second-order valence-electron chi connectivity index (χ2n) is 8.50. The van der Waals surface area contributed by atoms with Crippen molar-refractivity contribution in [3.63, 3.8) is 0 Å². The third-order valence-electron chi connectivity index (χ3n) is 6.57. The van der Waals surface area contributed by atoms with Crippen LogP contribution in [0.4, 0.5) is 4.79 Å². The molecule has 2 aliphatic rings. The molecular formula is C25H26N2O3. The van der Waals surface area contributed by atoms with Crippen LogP contribution in [0, 0.1) is 0 Å². The summed E-state index contributed by atoms with van der Waals surface area (Å²) in [6.45, 7) is 0.273. The van der Waals surface area contributed by atoms with Gasteiger partial charge in [0, 0.05) is 36.5 Å². The maximum Gasteiger partial charge on any atom is 0.410 e. The van der Waals surface area contributed by atoms with Gasteiger partial charge < -0.3 is 14.7 Å². The number of hydrogen-bond donors (Lipinski definition) is 1. The van der Waals surface area contributed by atoms with Gasteiger partial charge in [-0.15, -0.1) is 0 Å². The van der Waals surface area contributed by atoms with E-state index in [0.29, 0.717) is 12.8 Å². The SMILES string of the molecule is O=C(OCc1ccccc1)N1C2CCCC1CC(O)(c1cccc3ncccc13)C2. The van der Waals surface area contributed by atoms with Gasteiger partial charge in [-0.3, -0.25) is 4.98 Å². The predicted octanol–water partition coefficient (Wildman–Crippen LogP) is 4.78. The number of fused-ring (bicyclic) bond motifs is 3. The molecule has 0 spiro atoms. The first-order valence-electron chi connectivity index (χ1n) is 10.7. The lowest BCUT2D eigenvalue weighted by Gasteiger charge is -2.51. The summed E-state index contributed by atoms with van der Waals surface area (Å²) in [4.78, 5) is 19.3. The van der Waals surface area contributed by atoms with Crippen molar-refractivity contribution in [3.8, 4) is 0 Å². The van der Waals surface area contributed by atoms with E-state index in [1.54, 1.807) is 6.20 Å². The van der Waals surface area contributed by atoms with Gasteiger partial charge in [-0.2, -0.15) is 0 Å². The summed E-state index contributed by atoms with van der Waals surface area (Å²) >= 11 is 0. The van der Waals surface area contributed by atoms with Crippen molar-refractivity contribution in [1.82, 2.24) is 9.88 Å². The number of nitrogens with zero attached hydrogens (tertiary/aromatic N) is 2. The van der Waals surface area contributed by atoms with Crippen molar-refractivity contribution < 1.29 is 14.6 Å². The minimum Gasteiger partial charge on any atom is -0.445 e. The van der Waals surface area contributed by atoms with Crippen LogP contribution in [0.1, 0.15) is 43.2 Å². The highest BCUT2D eigenvalue weighted by molar-refractivity contribution is 5.83. The lowest BCUT2D eigenvalue weighted by atomic mass is 9.72. The molecule has 5 rings (SSSR count). The Hall–Kier alpha value is -2.92. The fraction of sp³-hybridized carbons (Fsp3) is 0.360. The number of aliphatic hydroxyl groups is 1. The molecule has 2 aliphatic heterocycles. The van der Waals surface area contributed by atoms with Crippen LogP contribution in [-0.2, 0) is 16.9 Å². The summed E-state index contributed by atoms with van der Waals surface area (Å²) in [5.41, 5.74) is 1.82. The number of aromatic nitrogens is 1. The van der Waals surface area contributed by atoms with E-state index in [1.807, 2.05) is 65.6 Å². The van der Waals surface area contributed by atoms with E-state index >= 15 is 0 Å². The Balaban J connectivity index is 1.38. The van der Waals surface area contributed by atoms with Gasteiger partial charge in [-0.25, -0.2) is 4.79 Å². The van der Waals surface area contributed by atoms with Crippen molar-refractivity contribution in [2.45, 2.75) is 56.4 Å². The van der Waals surface area contributed by atoms with Crippen LogP contribution >= 0.6 is 0 Å². The quantitative estimate of drug-likeness (QED) is 0.685. The van der Waals surface area contributed by atoms with E-state index in [1.165, 1.54) is 0 Å². The van der Waals surface area contributed by atoms with Gasteiger partial charge in [0.2, 0.25) is 0 Å². The Morgan fingerprint density at radius 3 is 2.57 bits per heavy atom. The van der Waals surface area contributed by atoms with Crippen molar-refractivity contribution in [2.24, 2.45) is 0 Å². The Morgan fingerprint density at radius 2 is 1.80 bits per heavy atom. The number of rotatable bonds is 3. The summed E-state index contributed by atoms with van der Waals surface area (Å²) in [6.07, 6.45) is 5.41. The molecule has 1 N–H and O–H groups in total. The largest absolute Gasteiger partial charge is 0.445 e. The molecule has 154 valence electrons. The smallest absolute Gasteiger partial charge is 0.410 e. The van der Waals surface area contributed by atoms with Crippen LogP contribution in [0.15, 0.2) is 66.9 Å². The zero-order chi connectivity index (χ0) is 20.6. The first-order valence-corrected chi connectivity index (χ1v) is 10.7. The maximum atomic E-state index is 13.0. The summed E-state index contributed by atoms with van der Waals surface area (Å²) in [6, 6.07) is 19.6. The third kappa shape index (κ3) is 3.43. The number of carbonyl (C=O) groups is 1. The Labute approximate surface area is 176 Å². The second-order valence-corrected chi connectivity index (χ2v) is 8.50. The molecule has 3 heterocycles. The number of piperidine rings is 2. The van der Waals surface area contributed by atoms with E-state index in [4.69, 9.17) is 4.74 Å². The first-order chi connectivity index (χ1) is 14.6. The molecular weight excluding hydrogens is 376 g/mol. The maximum absolute atomic E-state index is 13.0. The van der Waals surface area contributed by atoms with Gasteiger partial charge in [0.1, 0.15) is 6.61 Å². The monoisotopic (exact) mass is 402 g/mol. The zero-order valence-corrected chi connectivity index (χ0v) is 16.9. The van der Waals surface area contributed by atoms with E-state index < -0.39 is 5.60 Å². The number of amides is 1. The van der Waals surface area contributed by atoms with E-state index in [2.05, 4.69) is 4.98 Å². The molecule has 3 aromatic rings. The molecule has 2 aromatic carbocycles. The summed E-state index contributed by atoms with van der Waals surface area (Å²) < 4.78 is 5.64. The molecule has 0 saturated carbocycles. The van der Waals surface area contributed by atoms with Gasteiger partial charge in [-0.05, 0) is 42.5 Å². The minimum atomic E-state index is -0.964. The Morgan fingerprint density at radius 1 is 1.03 bits per heavy atom. The topological polar surface area (TPSA) is 62.7 Å². The highest BCUT2D eigenvalue weighted by Gasteiger charge is 2.49. The fourth-order valence-electron chi connectivity index (χ4n) is 5.25. The highest BCUT2D eigenvalue weighted by atomic mass is 16.6. The predicted molar refractivity (Wildman–Crippen MR) is 115 cm³/mol. The van der Waals surface area contributed by atoms with Crippen LogP contribution in [0.2, 0.25) is 0 Å². The summed E-state index contributed by atoms with van der Waals surface area (Å²) in [7, 11) is 0. The van der Waals surface area contributed by atoms with Gasteiger partial charge in [0.05, 0.1) is 11.1 Å². The Kier molecular flexibility index (Phi) is 4.91. The summed E-state index contributed by atoms with van der Waals surface area (Å²) in [5.74, 6) is 0. The normalized spacial score (nSPS) is 25.8. The van der Waals surface area contributed by atoms with Crippen LogP contribution in [0.5, 0.6) is 0 Å². The van der Waals surface area contributed by atoms with Gasteiger partial charge in [0.25, 0.3) is 0 Å². The molecule has 2 fully saturated rings. The van der Waals surface area contributed by atoms with Crippen molar-refractivity contribution >= 4 is 17.0 Å². The molecule has 0 aliphatic carbocycles.